The summed E-state index contributed by atoms with van der Waals surface area (Å²) in [5.41, 5.74) is 3.36. The Kier molecular flexibility index (Phi) is 2.82. The summed E-state index contributed by atoms with van der Waals surface area (Å²) in [7, 11) is 0. The topological polar surface area (TPSA) is 12.0 Å². The van der Waals surface area contributed by atoms with Gasteiger partial charge in [-0.05, 0) is 43.0 Å². The summed E-state index contributed by atoms with van der Waals surface area (Å²) in [6.07, 6.45) is 1.37. The fourth-order valence-corrected chi connectivity index (χ4v) is 2.09. The van der Waals surface area contributed by atoms with Gasteiger partial charge in [-0.3, -0.25) is 0 Å². The molecule has 76 valence electrons. The predicted molar refractivity (Wildman–Crippen MR) is 56.0 cm³/mol. The van der Waals surface area contributed by atoms with E-state index in [9.17, 15) is 4.39 Å². The third kappa shape index (κ3) is 1.80. The van der Waals surface area contributed by atoms with E-state index in [0.29, 0.717) is 0 Å². The molecule has 0 aromatic heterocycles. The Bertz CT molecular complexity index is 320. The SMILES string of the molecule is CC(F)c1cccc2c1CNCCC2. The number of fused-ring (bicyclic) bond motifs is 1. The lowest BCUT2D eigenvalue weighted by Crippen LogP contribution is -2.13. The van der Waals surface area contributed by atoms with Gasteiger partial charge in [0.15, 0.2) is 0 Å². The van der Waals surface area contributed by atoms with Gasteiger partial charge in [0.2, 0.25) is 0 Å². The van der Waals surface area contributed by atoms with Gasteiger partial charge < -0.3 is 5.32 Å². The maximum atomic E-state index is 13.3. The number of aryl methyl sites for hydroxylation is 1. The summed E-state index contributed by atoms with van der Waals surface area (Å²) < 4.78 is 13.3. The molecule has 1 aromatic rings. The van der Waals surface area contributed by atoms with E-state index >= 15 is 0 Å². The molecule has 1 N–H and O–H groups in total. The molecular formula is C12H16FN. The minimum atomic E-state index is -0.857. The van der Waals surface area contributed by atoms with Gasteiger partial charge in [-0.15, -0.1) is 0 Å². The molecule has 2 rings (SSSR count). The van der Waals surface area contributed by atoms with Crippen molar-refractivity contribution in [2.45, 2.75) is 32.5 Å². The first-order chi connectivity index (χ1) is 6.79. The number of halogens is 1. The van der Waals surface area contributed by atoms with Gasteiger partial charge in [-0.1, -0.05) is 18.2 Å². The Labute approximate surface area is 84.3 Å². The molecule has 0 aliphatic carbocycles. The second kappa shape index (κ2) is 4.09. The first kappa shape index (κ1) is 9.66. The molecule has 0 radical (unpaired) electrons. The van der Waals surface area contributed by atoms with Crippen molar-refractivity contribution in [1.82, 2.24) is 5.32 Å². The second-order valence-corrected chi connectivity index (χ2v) is 3.88. The van der Waals surface area contributed by atoms with Crippen LogP contribution in [0.5, 0.6) is 0 Å². The highest BCUT2D eigenvalue weighted by atomic mass is 19.1. The van der Waals surface area contributed by atoms with Crippen LogP contribution in [-0.4, -0.2) is 6.54 Å². The van der Waals surface area contributed by atoms with Crippen molar-refractivity contribution in [3.05, 3.63) is 34.9 Å². The number of hydrogen-bond donors (Lipinski definition) is 1. The predicted octanol–water partition coefficient (Wildman–Crippen LogP) is 2.75. The lowest BCUT2D eigenvalue weighted by Gasteiger charge is -2.12. The fourth-order valence-electron chi connectivity index (χ4n) is 2.09. The van der Waals surface area contributed by atoms with Crippen LogP contribution in [0.2, 0.25) is 0 Å². The molecule has 1 nitrogen and oxygen atoms in total. The molecule has 1 aromatic carbocycles. The van der Waals surface area contributed by atoms with Crippen molar-refractivity contribution >= 4 is 0 Å². The number of benzene rings is 1. The first-order valence-electron chi connectivity index (χ1n) is 5.24. The molecule has 14 heavy (non-hydrogen) atoms. The summed E-state index contributed by atoms with van der Waals surface area (Å²) in [6, 6.07) is 5.99. The number of alkyl halides is 1. The van der Waals surface area contributed by atoms with Crippen LogP contribution in [0.25, 0.3) is 0 Å². The van der Waals surface area contributed by atoms with Crippen LogP contribution in [0, 0.1) is 0 Å². The highest BCUT2D eigenvalue weighted by molar-refractivity contribution is 5.37. The molecule has 0 spiro atoms. The average molecular weight is 193 g/mol. The molecule has 0 saturated heterocycles. The third-order valence-electron chi connectivity index (χ3n) is 2.84. The fraction of sp³-hybridized carbons (Fsp3) is 0.500. The van der Waals surface area contributed by atoms with Gasteiger partial charge in [0, 0.05) is 6.54 Å². The second-order valence-electron chi connectivity index (χ2n) is 3.88. The van der Waals surface area contributed by atoms with Crippen molar-refractivity contribution in [3.63, 3.8) is 0 Å². The van der Waals surface area contributed by atoms with Crippen molar-refractivity contribution in [3.8, 4) is 0 Å². The van der Waals surface area contributed by atoms with Crippen LogP contribution >= 0.6 is 0 Å². The molecular weight excluding hydrogens is 177 g/mol. The first-order valence-corrected chi connectivity index (χ1v) is 5.24. The maximum Gasteiger partial charge on any atom is 0.123 e. The number of rotatable bonds is 1. The van der Waals surface area contributed by atoms with Gasteiger partial charge in [-0.25, -0.2) is 4.39 Å². The standard InChI is InChI=1S/C12H16FN/c1-9(13)11-6-2-4-10-5-3-7-14-8-12(10)11/h2,4,6,9,14H,3,5,7-8H2,1H3. The summed E-state index contributed by atoms with van der Waals surface area (Å²) in [6.45, 7) is 3.47. The Morgan fingerprint density at radius 2 is 2.29 bits per heavy atom. The van der Waals surface area contributed by atoms with Crippen LogP contribution < -0.4 is 5.32 Å². The highest BCUT2D eigenvalue weighted by Gasteiger charge is 2.14. The molecule has 1 atom stereocenters. The lowest BCUT2D eigenvalue weighted by molar-refractivity contribution is 0.371. The Morgan fingerprint density at radius 3 is 3.07 bits per heavy atom. The Hall–Kier alpha value is -0.890. The summed E-state index contributed by atoms with van der Waals surface area (Å²) >= 11 is 0. The van der Waals surface area contributed by atoms with Crippen molar-refractivity contribution in [2.75, 3.05) is 6.54 Å². The maximum absolute atomic E-state index is 13.3. The van der Waals surface area contributed by atoms with Crippen molar-refractivity contribution in [2.24, 2.45) is 0 Å². The molecule has 0 saturated carbocycles. The van der Waals surface area contributed by atoms with Crippen LogP contribution in [0.1, 0.15) is 36.2 Å². The van der Waals surface area contributed by atoms with Gasteiger partial charge in [-0.2, -0.15) is 0 Å². The normalized spacial score (nSPS) is 18.4. The van der Waals surface area contributed by atoms with Crippen LogP contribution in [0.15, 0.2) is 18.2 Å². The minimum Gasteiger partial charge on any atom is -0.313 e. The summed E-state index contributed by atoms with van der Waals surface area (Å²) in [5.74, 6) is 0. The van der Waals surface area contributed by atoms with Gasteiger partial charge in [0.25, 0.3) is 0 Å². The van der Waals surface area contributed by atoms with Crippen LogP contribution in [0.4, 0.5) is 4.39 Å². The van der Waals surface area contributed by atoms with E-state index in [1.54, 1.807) is 6.92 Å². The van der Waals surface area contributed by atoms with E-state index in [4.69, 9.17) is 0 Å². The van der Waals surface area contributed by atoms with Crippen molar-refractivity contribution in [1.29, 1.82) is 0 Å². The summed E-state index contributed by atoms with van der Waals surface area (Å²) in [5, 5.41) is 3.33. The minimum absolute atomic E-state index is 0.819. The van der Waals surface area contributed by atoms with Gasteiger partial charge in [0.1, 0.15) is 6.17 Å². The molecule has 0 bridgehead atoms. The molecule has 1 aliphatic heterocycles. The Morgan fingerprint density at radius 1 is 1.43 bits per heavy atom. The van der Waals surface area contributed by atoms with E-state index in [0.717, 1.165) is 31.5 Å². The zero-order valence-electron chi connectivity index (χ0n) is 8.52. The van der Waals surface area contributed by atoms with E-state index in [1.165, 1.54) is 11.1 Å². The van der Waals surface area contributed by atoms with E-state index in [-0.39, 0.29) is 0 Å². The number of hydrogen-bond acceptors (Lipinski definition) is 1. The molecule has 0 amide bonds. The highest BCUT2D eigenvalue weighted by Crippen LogP contribution is 2.25. The zero-order valence-corrected chi connectivity index (χ0v) is 8.52. The average Bonchev–Trinajstić information content (AvgIpc) is 2.41. The molecule has 1 heterocycles. The largest absolute Gasteiger partial charge is 0.313 e. The lowest BCUT2D eigenvalue weighted by atomic mass is 9.96. The van der Waals surface area contributed by atoms with Gasteiger partial charge in [0.05, 0.1) is 0 Å². The van der Waals surface area contributed by atoms with E-state index in [2.05, 4.69) is 11.4 Å². The van der Waals surface area contributed by atoms with Crippen LogP contribution in [0.3, 0.4) is 0 Å². The molecule has 1 aliphatic rings. The molecule has 0 fully saturated rings. The van der Waals surface area contributed by atoms with E-state index in [1.807, 2.05) is 12.1 Å². The van der Waals surface area contributed by atoms with Crippen molar-refractivity contribution < 1.29 is 4.39 Å². The molecule has 1 unspecified atom stereocenters. The monoisotopic (exact) mass is 193 g/mol. The third-order valence-corrected chi connectivity index (χ3v) is 2.84. The zero-order chi connectivity index (χ0) is 9.97. The summed E-state index contributed by atoms with van der Waals surface area (Å²) in [4.78, 5) is 0. The molecule has 2 heteroatoms. The van der Waals surface area contributed by atoms with Crippen LogP contribution in [-0.2, 0) is 13.0 Å². The quantitative estimate of drug-likeness (QED) is 0.723. The Balaban J connectivity index is 2.42. The van der Waals surface area contributed by atoms with Gasteiger partial charge >= 0.3 is 0 Å². The smallest absolute Gasteiger partial charge is 0.123 e. The number of nitrogens with one attached hydrogen (secondary N) is 1. The van der Waals surface area contributed by atoms with E-state index < -0.39 is 6.17 Å².